The fraction of sp³-hybridized carbons (Fsp3) is 0.636. The van der Waals surface area contributed by atoms with Crippen molar-refractivity contribution in [1.82, 2.24) is 9.80 Å². The van der Waals surface area contributed by atoms with Crippen LogP contribution in [-0.2, 0) is 9.53 Å². The second-order valence-electron chi connectivity index (χ2n) is 7.71. The molecule has 0 unspecified atom stereocenters. The monoisotopic (exact) mass is 388 g/mol. The Bertz CT molecular complexity index is 653. The van der Waals surface area contributed by atoms with Crippen molar-refractivity contribution in [2.45, 2.75) is 57.6 Å². The van der Waals surface area contributed by atoms with E-state index in [-0.39, 0.29) is 24.5 Å². The Morgan fingerprint density at radius 1 is 1.04 bits per heavy atom. The summed E-state index contributed by atoms with van der Waals surface area (Å²) < 4.78 is 11.0. The Labute approximate surface area is 167 Å². The molecule has 2 aliphatic rings. The van der Waals surface area contributed by atoms with E-state index >= 15 is 0 Å². The SMILES string of the molecule is CC[C@@H]1CCCCN1C(=O)c1ccc(OC2CCN(C(=O)COC)CC2)cc1. The number of nitrogens with zero attached hydrogens (tertiary/aromatic N) is 2. The lowest BCUT2D eigenvalue weighted by Crippen LogP contribution is -2.43. The first-order chi connectivity index (χ1) is 13.6. The third kappa shape index (κ3) is 5.04. The molecule has 2 saturated heterocycles. The number of rotatable bonds is 6. The van der Waals surface area contributed by atoms with Gasteiger partial charge in [-0.05, 0) is 49.9 Å². The summed E-state index contributed by atoms with van der Waals surface area (Å²) >= 11 is 0. The molecule has 0 aromatic heterocycles. The average molecular weight is 389 g/mol. The summed E-state index contributed by atoms with van der Waals surface area (Å²) in [6.07, 6.45) is 6.14. The van der Waals surface area contributed by atoms with Crippen LogP contribution in [0.1, 0.15) is 55.8 Å². The number of carbonyl (C=O) groups excluding carboxylic acids is 2. The maximum atomic E-state index is 12.9. The van der Waals surface area contributed by atoms with Crippen molar-refractivity contribution in [2.75, 3.05) is 33.4 Å². The van der Waals surface area contributed by atoms with Crippen LogP contribution in [0.15, 0.2) is 24.3 Å². The molecular weight excluding hydrogens is 356 g/mol. The summed E-state index contributed by atoms with van der Waals surface area (Å²) in [5.41, 5.74) is 0.729. The Morgan fingerprint density at radius 3 is 2.39 bits per heavy atom. The van der Waals surface area contributed by atoms with Crippen LogP contribution in [0.5, 0.6) is 5.75 Å². The van der Waals surface area contributed by atoms with Gasteiger partial charge >= 0.3 is 0 Å². The number of benzene rings is 1. The molecule has 2 amide bonds. The maximum Gasteiger partial charge on any atom is 0.254 e. The first-order valence-corrected chi connectivity index (χ1v) is 10.5. The lowest BCUT2D eigenvalue weighted by Gasteiger charge is -2.35. The normalized spacial score (nSPS) is 20.9. The molecule has 0 aliphatic carbocycles. The quantitative estimate of drug-likeness (QED) is 0.751. The topological polar surface area (TPSA) is 59.1 Å². The van der Waals surface area contributed by atoms with Crippen LogP contribution < -0.4 is 4.74 Å². The number of methoxy groups -OCH3 is 1. The van der Waals surface area contributed by atoms with Gasteiger partial charge in [0, 0.05) is 51.2 Å². The molecule has 1 atom stereocenters. The van der Waals surface area contributed by atoms with E-state index in [0.29, 0.717) is 19.1 Å². The molecule has 1 aromatic carbocycles. The van der Waals surface area contributed by atoms with Crippen LogP contribution in [0.2, 0.25) is 0 Å². The molecule has 0 N–H and O–H groups in total. The minimum absolute atomic E-state index is 0.0342. The molecular formula is C22H32N2O4. The van der Waals surface area contributed by atoms with Crippen molar-refractivity contribution in [2.24, 2.45) is 0 Å². The molecule has 0 spiro atoms. The van der Waals surface area contributed by atoms with E-state index in [1.807, 2.05) is 34.1 Å². The minimum Gasteiger partial charge on any atom is -0.490 e. The highest BCUT2D eigenvalue weighted by Gasteiger charge is 2.27. The zero-order chi connectivity index (χ0) is 19.9. The van der Waals surface area contributed by atoms with E-state index in [9.17, 15) is 9.59 Å². The highest BCUT2D eigenvalue weighted by atomic mass is 16.5. The Balaban J connectivity index is 1.52. The summed E-state index contributed by atoms with van der Waals surface area (Å²) in [7, 11) is 1.54. The number of hydrogen-bond donors (Lipinski definition) is 0. The van der Waals surface area contributed by atoms with Crippen molar-refractivity contribution in [3.05, 3.63) is 29.8 Å². The summed E-state index contributed by atoms with van der Waals surface area (Å²) in [5, 5.41) is 0. The second-order valence-corrected chi connectivity index (χ2v) is 7.71. The van der Waals surface area contributed by atoms with Crippen LogP contribution in [0.25, 0.3) is 0 Å². The zero-order valence-electron chi connectivity index (χ0n) is 17.1. The van der Waals surface area contributed by atoms with Gasteiger partial charge in [0.1, 0.15) is 18.5 Å². The van der Waals surface area contributed by atoms with Gasteiger partial charge in [-0.2, -0.15) is 0 Å². The molecule has 28 heavy (non-hydrogen) atoms. The lowest BCUT2D eigenvalue weighted by atomic mass is 9.99. The number of likely N-dealkylation sites (tertiary alicyclic amines) is 2. The summed E-state index contributed by atoms with van der Waals surface area (Å²) in [5.74, 6) is 0.943. The predicted octanol–water partition coefficient (Wildman–Crippen LogP) is 3.11. The molecule has 2 fully saturated rings. The van der Waals surface area contributed by atoms with Gasteiger partial charge in [0.05, 0.1) is 0 Å². The van der Waals surface area contributed by atoms with Crippen LogP contribution in [0, 0.1) is 0 Å². The standard InChI is InChI=1S/C22H32N2O4/c1-3-18-6-4-5-13-24(18)22(26)17-7-9-19(10-8-17)28-20-11-14-23(15-12-20)21(25)16-27-2/h7-10,18,20H,3-6,11-16H2,1-2H3/t18-/m1/s1. The number of hydrogen-bond acceptors (Lipinski definition) is 4. The molecule has 6 nitrogen and oxygen atoms in total. The van der Waals surface area contributed by atoms with Crippen molar-refractivity contribution in [1.29, 1.82) is 0 Å². The largest absolute Gasteiger partial charge is 0.490 e. The zero-order valence-corrected chi connectivity index (χ0v) is 17.1. The maximum absolute atomic E-state index is 12.9. The fourth-order valence-corrected chi connectivity index (χ4v) is 4.16. The second kappa shape index (κ2) is 9.92. The van der Waals surface area contributed by atoms with Gasteiger partial charge in [-0.3, -0.25) is 9.59 Å². The number of amides is 2. The van der Waals surface area contributed by atoms with E-state index in [1.54, 1.807) is 0 Å². The van der Waals surface area contributed by atoms with Gasteiger partial charge in [0.2, 0.25) is 5.91 Å². The highest BCUT2D eigenvalue weighted by Crippen LogP contribution is 2.24. The Hall–Kier alpha value is -2.08. The molecule has 3 rings (SSSR count). The summed E-state index contributed by atoms with van der Waals surface area (Å²) in [6.45, 7) is 4.53. The lowest BCUT2D eigenvalue weighted by molar-refractivity contribution is -0.136. The smallest absolute Gasteiger partial charge is 0.254 e. The molecule has 6 heteroatoms. The van der Waals surface area contributed by atoms with E-state index in [2.05, 4.69) is 6.92 Å². The summed E-state index contributed by atoms with van der Waals surface area (Å²) in [6, 6.07) is 7.89. The third-order valence-corrected chi connectivity index (χ3v) is 5.83. The molecule has 2 aliphatic heterocycles. The van der Waals surface area contributed by atoms with Gasteiger partial charge in [-0.25, -0.2) is 0 Å². The average Bonchev–Trinajstić information content (AvgIpc) is 2.74. The van der Waals surface area contributed by atoms with Crippen molar-refractivity contribution >= 4 is 11.8 Å². The Kier molecular flexibility index (Phi) is 7.31. The predicted molar refractivity (Wildman–Crippen MR) is 108 cm³/mol. The Morgan fingerprint density at radius 2 is 1.75 bits per heavy atom. The summed E-state index contributed by atoms with van der Waals surface area (Å²) in [4.78, 5) is 28.6. The van der Waals surface area contributed by atoms with E-state index in [0.717, 1.165) is 50.0 Å². The van der Waals surface area contributed by atoms with Crippen LogP contribution >= 0.6 is 0 Å². The molecule has 154 valence electrons. The molecule has 0 bridgehead atoms. The molecule has 0 radical (unpaired) electrons. The fourth-order valence-electron chi connectivity index (χ4n) is 4.16. The number of carbonyl (C=O) groups is 2. The molecule has 2 heterocycles. The van der Waals surface area contributed by atoms with E-state index < -0.39 is 0 Å². The first-order valence-electron chi connectivity index (χ1n) is 10.5. The van der Waals surface area contributed by atoms with Gasteiger partial charge in [-0.1, -0.05) is 6.92 Å². The molecule has 1 aromatic rings. The molecule has 0 saturated carbocycles. The van der Waals surface area contributed by atoms with E-state index in [4.69, 9.17) is 9.47 Å². The van der Waals surface area contributed by atoms with E-state index in [1.165, 1.54) is 13.5 Å². The minimum atomic E-state index is 0.0342. The van der Waals surface area contributed by atoms with Gasteiger partial charge < -0.3 is 19.3 Å². The van der Waals surface area contributed by atoms with Crippen molar-refractivity contribution < 1.29 is 19.1 Å². The van der Waals surface area contributed by atoms with Crippen molar-refractivity contribution in [3.8, 4) is 5.75 Å². The van der Waals surface area contributed by atoms with Gasteiger partial charge in [0.25, 0.3) is 5.91 Å². The van der Waals surface area contributed by atoms with Crippen LogP contribution in [0.4, 0.5) is 0 Å². The highest BCUT2D eigenvalue weighted by molar-refractivity contribution is 5.94. The van der Waals surface area contributed by atoms with Crippen LogP contribution in [-0.4, -0.2) is 67.1 Å². The number of piperidine rings is 2. The van der Waals surface area contributed by atoms with Crippen molar-refractivity contribution in [3.63, 3.8) is 0 Å². The first kappa shape index (κ1) is 20.6. The van der Waals surface area contributed by atoms with Gasteiger partial charge in [0.15, 0.2) is 0 Å². The third-order valence-electron chi connectivity index (χ3n) is 5.83. The van der Waals surface area contributed by atoms with Crippen LogP contribution in [0.3, 0.4) is 0 Å². The number of ether oxygens (including phenoxy) is 2. The van der Waals surface area contributed by atoms with Gasteiger partial charge in [-0.15, -0.1) is 0 Å².